The van der Waals surface area contributed by atoms with E-state index in [0.717, 1.165) is 5.56 Å². The molecule has 0 heterocycles. The fourth-order valence-electron chi connectivity index (χ4n) is 2.11. The third-order valence-corrected chi connectivity index (χ3v) is 3.00. The molecule has 2 N–H and O–H groups in total. The van der Waals surface area contributed by atoms with E-state index in [1.165, 1.54) is 6.07 Å². The maximum Gasteiger partial charge on any atom is 0.393 e. The SMILES string of the molecule is CC(Cc1cccc(CC(F)(F)F)c1)NCCCC(=O)O. The minimum Gasteiger partial charge on any atom is -0.481 e. The molecule has 1 aromatic carbocycles. The van der Waals surface area contributed by atoms with Gasteiger partial charge in [-0.05, 0) is 37.4 Å². The van der Waals surface area contributed by atoms with Crippen LogP contribution in [-0.4, -0.2) is 29.8 Å². The van der Waals surface area contributed by atoms with E-state index in [2.05, 4.69) is 5.32 Å². The summed E-state index contributed by atoms with van der Waals surface area (Å²) in [6, 6.07) is 6.56. The van der Waals surface area contributed by atoms with Crippen LogP contribution in [0.1, 0.15) is 30.9 Å². The van der Waals surface area contributed by atoms with Crippen molar-refractivity contribution in [3.8, 4) is 0 Å². The van der Waals surface area contributed by atoms with Crippen molar-refractivity contribution in [2.45, 2.75) is 44.8 Å². The van der Waals surface area contributed by atoms with Gasteiger partial charge in [-0.1, -0.05) is 24.3 Å². The molecule has 21 heavy (non-hydrogen) atoms. The summed E-state index contributed by atoms with van der Waals surface area (Å²) in [6.07, 6.45) is -3.85. The highest BCUT2D eigenvalue weighted by Gasteiger charge is 2.27. The topological polar surface area (TPSA) is 49.3 Å². The third kappa shape index (κ3) is 8.34. The number of nitrogens with one attached hydrogen (secondary N) is 1. The molecule has 118 valence electrons. The molecule has 6 heteroatoms. The molecule has 0 fully saturated rings. The van der Waals surface area contributed by atoms with Crippen molar-refractivity contribution in [3.05, 3.63) is 35.4 Å². The van der Waals surface area contributed by atoms with Crippen molar-refractivity contribution < 1.29 is 23.1 Å². The Morgan fingerprint density at radius 2 is 2.00 bits per heavy atom. The van der Waals surface area contributed by atoms with Gasteiger partial charge < -0.3 is 10.4 Å². The lowest BCUT2D eigenvalue weighted by Gasteiger charge is -2.14. The van der Waals surface area contributed by atoms with Crippen molar-refractivity contribution in [1.82, 2.24) is 5.32 Å². The van der Waals surface area contributed by atoms with Crippen molar-refractivity contribution in [2.24, 2.45) is 0 Å². The molecule has 0 saturated heterocycles. The molecule has 0 aliphatic heterocycles. The van der Waals surface area contributed by atoms with E-state index in [1.807, 2.05) is 6.92 Å². The number of carbonyl (C=O) groups is 1. The fraction of sp³-hybridized carbons (Fsp3) is 0.533. The highest BCUT2D eigenvalue weighted by Crippen LogP contribution is 2.22. The summed E-state index contributed by atoms with van der Waals surface area (Å²) in [7, 11) is 0. The second-order valence-corrected chi connectivity index (χ2v) is 5.17. The summed E-state index contributed by atoms with van der Waals surface area (Å²) in [5.41, 5.74) is 1.10. The zero-order chi connectivity index (χ0) is 15.9. The first-order valence-corrected chi connectivity index (χ1v) is 6.86. The van der Waals surface area contributed by atoms with E-state index < -0.39 is 18.6 Å². The Kier molecular flexibility index (Phi) is 6.68. The number of carboxylic acid groups (broad SMARTS) is 1. The summed E-state index contributed by atoms with van der Waals surface area (Å²) in [6.45, 7) is 2.51. The van der Waals surface area contributed by atoms with Gasteiger partial charge in [0.25, 0.3) is 0 Å². The number of rotatable bonds is 8. The molecule has 0 spiro atoms. The van der Waals surface area contributed by atoms with Gasteiger partial charge in [0.2, 0.25) is 0 Å². The molecule has 0 bridgehead atoms. The molecular weight excluding hydrogens is 283 g/mol. The van der Waals surface area contributed by atoms with E-state index >= 15 is 0 Å². The lowest BCUT2D eigenvalue weighted by Crippen LogP contribution is -2.29. The number of halogens is 3. The van der Waals surface area contributed by atoms with E-state index in [1.54, 1.807) is 18.2 Å². The summed E-state index contributed by atoms with van der Waals surface area (Å²) < 4.78 is 37.0. The van der Waals surface area contributed by atoms with Gasteiger partial charge in [-0.15, -0.1) is 0 Å². The zero-order valence-electron chi connectivity index (χ0n) is 11.9. The van der Waals surface area contributed by atoms with Crippen LogP contribution in [0.15, 0.2) is 24.3 Å². The molecular formula is C15H20F3NO2. The zero-order valence-corrected chi connectivity index (χ0v) is 11.9. The van der Waals surface area contributed by atoms with Crippen LogP contribution in [0.3, 0.4) is 0 Å². The predicted octanol–water partition coefficient (Wildman–Crippen LogP) is 3.18. The van der Waals surface area contributed by atoms with Crippen LogP contribution < -0.4 is 5.32 Å². The maximum absolute atomic E-state index is 12.3. The molecule has 1 aromatic rings. The van der Waals surface area contributed by atoms with Crippen LogP contribution in [0.4, 0.5) is 13.2 Å². The molecule has 1 rings (SSSR count). The van der Waals surface area contributed by atoms with E-state index in [0.29, 0.717) is 19.4 Å². The van der Waals surface area contributed by atoms with E-state index in [-0.39, 0.29) is 18.0 Å². The van der Waals surface area contributed by atoms with Gasteiger partial charge in [0.15, 0.2) is 0 Å². The lowest BCUT2D eigenvalue weighted by atomic mass is 10.0. The number of hydrogen-bond donors (Lipinski definition) is 2. The first-order chi connectivity index (χ1) is 9.76. The molecule has 0 saturated carbocycles. The smallest absolute Gasteiger partial charge is 0.393 e. The molecule has 0 radical (unpaired) electrons. The van der Waals surface area contributed by atoms with E-state index in [4.69, 9.17) is 5.11 Å². The summed E-state index contributed by atoms with van der Waals surface area (Å²) in [4.78, 5) is 10.4. The molecule has 1 atom stereocenters. The minimum absolute atomic E-state index is 0.0833. The van der Waals surface area contributed by atoms with Gasteiger partial charge >= 0.3 is 12.1 Å². The number of hydrogen-bond acceptors (Lipinski definition) is 2. The summed E-state index contributed by atoms with van der Waals surface area (Å²) >= 11 is 0. The Hall–Kier alpha value is -1.56. The molecule has 1 unspecified atom stereocenters. The van der Waals surface area contributed by atoms with Crippen LogP contribution in [-0.2, 0) is 17.6 Å². The van der Waals surface area contributed by atoms with Crippen LogP contribution in [0.5, 0.6) is 0 Å². The van der Waals surface area contributed by atoms with Gasteiger partial charge in [0.05, 0.1) is 6.42 Å². The van der Waals surface area contributed by atoms with Gasteiger partial charge in [0.1, 0.15) is 0 Å². The average Bonchev–Trinajstić information content (AvgIpc) is 2.32. The summed E-state index contributed by atoms with van der Waals surface area (Å²) in [5.74, 6) is -0.829. The van der Waals surface area contributed by atoms with Crippen LogP contribution in [0, 0.1) is 0 Å². The molecule has 0 amide bonds. The van der Waals surface area contributed by atoms with Crippen molar-refractivity contribution in [1.29, 1.82) is 0 Å². The minimum atomic E-state index is -4.20. The molecule has 0 aromatic heterocycles. The van der Waals surface area contributed by atoms with Gasteiger partial charge in [-0.3, -0.25) is 4.79 Å². The third-order valence-electron chi connectivity index (χ3n) is 3.00. The van der Waals surface area contributed by atoms with Gasteiger partial charge in [-0.25, -0.2) is 0 Å². The maximum atomic E-state index is 12.3. The monoisotopic (exact) mass is 303 g/mol. The Balaban J connectivity index is 2.43. The Morgan fingerprint density at radius 3 is 2.62 bits per heavy atom. The van der Waals surface area contributed by atoms with Crippen LogP contribution in [0.2, 0.25) is 0 Å². The standard InChI is InChI=1S/C15H20F3NO2/c1-11(19-7-3-6-14(20)21)8-12-4-2-5-13(9-12)10-15(16,17)18/h2,4-5,9,11,19H,3,6-8,10H2,1H3,(H,20,21). The van der Waals surface area contributed by atoms with E-state index in [9.17, 15) is 18.0 Å². The van der Waals surface area contributed by atoms with Crippen LogP contribution in [0.25, 0.3) is 0 Å². The Morgan fingerprint density at radius 1 is 1.33 bits per heavy atom. The second kappa shape index (κ2) is 8.02. The normalized spacial score (nSPS) is 13.1. The summed E-state index contributed by atoms with van der Waals surface area (Å²) in [5, 5.41) is 11.7. The first-order valence-electron chi connectivity index (χ1n) is 6.86. The lowest BCUT2D eigenvalue weighted by molar-refractivity contribution is -0.137. The number of carboxylic acids is 1. The van der Waals surface area contributed by atoms with Gasteiger partial charge in [-0.2, -0.15) is 13.2 Å². The number of aliphatic carboxylic acids is 1. The Labute approximate surface area is 122 Å². The van der Waals surface area contributed by atoms with Gasteiger partial charge in [0, 0.05) is 12.5 Å². The molecule has 0 aliphatic carbocycles. The van der Waals surface area contributed by atoms with Crippen molar-refractivity contribution >= 4 is 5.97 Å². The average molecular weight is 303 g/mol. The predicted molar refractivity (Wildman–Crippen MR) is 74.2 cm³/mol. The van der Waals surface area contributed by atoms with Crippen molar-refractivity contribution in [3.63, 3.8) is 0 Å². The van der Waals surface area contributed by atoms with Crippen molar-refractivity contribution in [2.75, 3.05) is 6.54 Å². The highest BCUT2D eigenvalue weighted by molar-refractivity contribution is 5.66. The number of benzene rings is 1. The largest absolute Gasteiger partial charge is 0.481 e. The number of alkyl halides is 3. The molecule has 3 nitrogen and oxygen atoms in total. The fourth-order valence-corrected chi connectivity index (χ4v) is 2.11. The first kappa shape index (κ1) is 17.5. The quantitative estimate of drug-likeness (QED) is 0.725. The second-order valence-electron chi connectivity index (χ2n) is 5.17. The molecule has 0 aliphatic rings. The Bertz CT molecular complexity index is 460. The highest BCUT2D eigenvalue weighted by atomic mass is 19.4. The van der Waals surface area contributed by atoms with Crippen LogP contribution >= 0.6 is 0 Å².